The molecule has 1 aliphatic heterocycles. The molecule has 24 heavy (non-hydrogen) atoms. The fourth-order valence-electron chi connectivity index (χ4n) is 2.79. The summed E-state index contributed by atoms with van der Waals surface area (Å²) in [5.74, 6) is 0. The predicted octanol–water partition coefficient (Wildman–Crippen LogP) is 4.18. The van der Waals surface area contributed by atoms with Crippen LogP contribution in [-0.2, 0) is 0 Å². The highest BCUT2D eigenvalue weighted by Crippen LogP contribution is 2.26. The molecule has 1 fully saturated rings. The summed E-state index contributed by atoms with van der Waals surface area (Å²) in [5.41, 5.74) is 3.02. The van der Waals surface area contributed by atoms with Crippen molar-refractivity contribution in [3.8, 4) is 0 Å². The van der Waals surface area contributed by atoms with Gasteiger partial charge in [-0.2, -0.15) is 0 Å². The zero-order valence-electron chi connectivity index (χ0n) is 14.1. The lowest BCUT2D eigenvalue weighted by Crippen LogP contribution is -2.23. The molecule has 2 amide bonds. The van der Waals surface area contributed by atoms with Crippen LogP contribution < -0.4 is 15.5 Å². The maximum absolute atomic E-state index is 12.2. The Labute approximate surface area is 146 Å². The van der Waals surface area contributed by atoms with E-state index in [1.807, 2.05) is 32.0 Å². The first kappa shape index (κ1) is 16.7. The largest absolute Gasteiger partial charge is 0.347 e. The molecule has 7 heteroatoms. The van der Waals surface area contributed by atoms with Gasteiger partial charge in [0.2, 0.25) is 10.3 Å². The lowest BCUT2D eigenvalue weighted by molar-refractivity contribution is 0.262. The minimum absolute atomic E-state index is 0.290. The monoisotopic (exact) mass is 345 g/mol. The lowest BCUT2D eigenvalue weighted by atomic mass is 10.1. The average Bonchev–Trinajstić information content (AvgIpc) is 2.84. The van der Waals surface area contributed by atoms with E-state index in [1.54, 1.807) is 0 Å². The molecule has 0 radical (unpaired) electrons. The number of urea groups is 1. The first-order valence-corrected chi connectivity index (χ1v) is 9.18. The van der Waals surface area contributed by atoms with Crippen molar-refractivity contribution in [2.75, 3.05) is 28.6 Å². The van der Waals surface area contributed by atoms with E-state index >= 15 is 0 Å². The van der Waals surface area contributed by atoms with E-state index in [0.29, 0.717) is 5.13 Å². The molecule has 2 aromatic rings. The van der Waals surface area contributed by atoms with Gasteiger partial charge in [-0.1, -0.05) is 36.3 Å². The minimum Gasteiger partial charge on any atom is -0.347 e. The third-order valence-corrected chi connectivity index (χ3v) is 5.26. The summed E-state index contributed by atoms with van der Waals surface area (Å²) in [5, 5.41) is 15.4. The van der Waals surface area contributed by atoms with E-state index in [0.717, 1.165) is 35.0 Å². The molecule has 0 bridgehead atoms. The summed E-state index contributed by atoms with van der Waals surface area (Å²) >= 11 is 1.43. The third-order valence-electron chi connectivity index (χ3n) is 4.36. The molecule has 1 aromatic heterocycles. The van der Waals surface area contributed by atoms with Gasteiger partial charge in [-0.3, -0.25) is 5.32 Å². The van der Waals surface area contributed by atoms with E-state index in [4.69, 9.17) is 0 Å². The zero-order chi connectivity index (χ0) is 16.9. The van der Waals surface area contributed by atoms with Crippen LogP contribution >= 0.6 is 11.3 Å². The third kappa shape index (κ3) is 4.03. The molecule has 0 atom stereocenters. The Morgan fingerprint density at radius 1 is 1.08 bits per heavy atom. The maximum Gasteiger partial charge on any atom is 0.325 e. The second-order valence-corrected chi connectivity index (χ2v) is 7.07. The number of hydrogen-bond acceptors (Lipinski definition) is 5. The van der Waals surface area contributed by atoms with Crippen molar-refractivity contribution < 1.29 is 4.79 Å². The van der Waals surface area contributed by atoms with Gasteiger partial charge in [-0.25, -0.2) is 4.79 Å². The smallest absolute Gasteiger partial charge is 0.325 e. The SMILES string of the molecule is Cc1cccc(NC(=O)Nc2nnc(N3CCCCCC3)s2)c1C. The van der Waals surface area contributed by atoms with Crippen molar-refractivity contribution >= 4 is 33.3 Å². The number of aromatic nitrogens is 2. The van der Waals surface area contributed by atoms with Crippen LogP contribution in [0.1, 0.15) is 36.8 Å². The van der Waals surface area contributed by atoms with Crippen LogP contribution in [0.2, 0.25) is 0 Å². The van der Waals surface area contributed by atoms with Crippen molar-refractivity contribution in [2.45, 2.75) is 39.5 Å². The van der Waals surface area contributed by atoms with E-state index in [1.165, 1.54) is 37.0 Å². The van der Waals surface area contributed by atoms with Crippen LogP contribution in [0.5, 0.6) is 0 Å². The van der Waals surface area contributed by atoms with Crippen molar-refractivity contribution in [1.82, 2.24) is 10.2 Å². The number of rotatable bonds is 3. The quantitative estimate of drug-likeness (QED) is 0.875. The summed E-state index contributed by atoms with van der Waals surface area (Å²) in [6.45, 7) is 6.05. The van der Waals surface area contributed by atoms with Crippen LogP contribution in [0.3, 0.4) is 0 Å². The number of benzene rings is 1. The van der Waals surface area contributed by atoms with Crippen LogP contribution in [0.4, 0.5) is 20.7 Å². The molecule has 6 nitrogen and oxygen atoms in total. The number of hydrogen-bond donors (Lipinski definition) is 2. The summed E-state index contributed by atoms with van der Waals surface area (Å²) in [6.07, 6.45) is 4.93. The molecule has 0 saturated carbocycles. The van der Waals surface area contributed by atoms with Crippen LogP contribution in [-0.4, -0.2) is 29.3 Å². The fraction of sp³-hybridized carbons (Fsp3) is 0.471. The Kier molecular flexibility index (Phi) is 5.30. The van der Waals surface area contributed by atoms with Crippen molar-refractivity contribution in [2.24, 2.45) is 0 Å². The number of carbonyl (C=O) groups is 1. The van der Waals surface area contributed by atoms with Crippen LogP contribution in [0, 0.1) is 13.8 Å². The van der Waals surface area contributed by atoms with Gasteiger partial charge in [-0.05, 0) is 43.9 Å². The van der Waals surface area contributed by atoms with E-state index in [-0.39, 0.29) is 6.03 Å². The molecule has 2 heterocycles. The van der Waals surface area contributed by atoms with Crippen LogP contribution in [0.25, 0.3) is 0 Å². The highest BCUT2D eigenvalue weighted by atomic mass is 32.1. The number of anilines is 3. The lowest BCUT2D eigenvalue weighted by Gasteiger charge is -2.17. The molecule has 0 spiro atoms. The van der Waals surface area contributed by atoms with Gasteiger partial charge < -0.3 is 10.2 Å². The molecule has 1 saturated heterocycles. The highest BCUT2D eigenvalue weighted by molar-refractivity contribution is 7.19. The maximum atomic E-state index is 12.2. The Morgan fingerprint density at radius 3 is 2.58 bits per heavy atom. The summed E-state index contributed by atoms with van der Waals surface area (Å²) in [6, 6.07) is 5.56. The standard InChI is InChI=1S/C17H23N5OS/c1-12-8-7-9-14(13(12)2)18-15(23)19-16-20-21-17(24-16)22-10-5-3-4-6-11-22/h7-9H,3-6,10-11H2,1-2H3,(H2,18,19,20,23). The van der Waals surface area contributed by atoms with Gasteiger partial charge in [0, 0.05) is 18.8 Å². The molecule has 1 aromatic carbocycles. The number of nitrogens with one attached hydrogen (secondary N) is 2. The zero-order valence-corrected chi connectivity index (χ0v) is 14.9. The Morgan fingerprint density at radius 2 is 1.83 bits per heavy atom. The second kappa shape index (κ2) is 7.61. The minimum atomic E-state index is -0.290. The average molecular weight is 345 g/mol. The number of amides is 2. The van der Waals surface area contributed by atoms with Gasteiger partial charge in [0.1, 0.15) is 0 Å². The predicted molar refractivity (Wildman–Crippen MR) is 99.1 cm³/mol. The normalized spacial score (nSPS) is 15.0. The molecule has 128 valence electrons. The van der Waals surface area contributed by atoms with E-state index < -0.39 is 0 Å². The molecule has 1 aliphatic rings. The van der Waals surface area contributed by atoms with Gasteiger partial charge in [0.05, 0.1) is 0 Å². The fourth-order valence-corrected chi connectivity index (χ4v) is 3.58. The molecule has 0 aliphatic carbocycles. The topological polar surface area (TPSA) is 70.1 Å². The first-order valence-electron chi connectivity index (χ1n) is 8.36. The number of nitrogens with zero attached hydrogens (tertiary/aromatic N) is 3. The summed E-state index contributed by atoms with van der Waals surface area (Å²) < 4.78 is 0. The van der Waals surface area contributed by atoms with Crippen LogP contribution in [0.15, 0.2) is 18.2 Å². The Hall–Kier alpha value is -2.15. The Bertz CT molecular complexity index is 707. The van der Waals surface area contributed by atoms with Crippen molar-refractivity contribution in [1.29, 1.82) is 0 Å². The molecule has 3 rings (SSSR count). The first-order chi connectivity index (χ1) is 11.6. The van der Waals surface area contributed by atoms with Gasteiger partial charge >= 0.3 is 6.03 Å². The van der Waals surface area contributed by atoms with Gasteiger partial charge in [-0.15, -0.1) is 10.2 Å². The highest BCUT2D eigenvalue weighted by Gasteiger charge is 2.16. The van der Waals surface area contributed by atoms with E-state index in [9.17, 15) is 4.79 Å². The van der Waals surface area contributed by atoms with E-state index in [2.05, 4.69) is 25.7 Å². The van der Waals surface area contributed by atoms with Crippen molar-refractivity contribution in [3.63, 3.8) is 0 Å². The van der Waals surface area contributed by atoms with Crippen molar-refractivity contribution in [3.05, 3.63) is 29.3 Å². The molecular formula is C17H23N5OS. The summed E-state index contributed by atoms with van der Waals surface area (Å²) in [7, 11) is 0. The second-order valence-electron chi connectivity index (χ2n) is 6.12. The molecular weight excluding hydrogens is 322 g/mol. The summed E-state index contributed by atoms with van der Waals surface area (Å²) in [4.78, 5) is 14.5. The van der Waals surface area contributed by atoms with Gasteiger partial charge in [0.25, 0.3) is 0 Å². The van der Waals surface area contributed by atoms with Gasteiger partial charge in [0.15, 0.2) is 0 Å². The number of carbonyl (C=O) groups excluding carboxylic acids is 1. The molecule has 2 N–H and O–H groups in total. The number of aryl methyl sites for hydroxylation is 1. The molecule has 0 unspecified atom stereocenters. The Balaban J connectivity index is 1.61.